The predicted octanol–water partition coefficient (Wildman–Crippen LogP) is 1.18. The molecular weight excluding hydrogens is 232 g/mol. The van der Waals surface area contributed by atoms with Gasteiger partial charge in [-0.05, 0) is 12.8 Å². The first-order chi connectivity index (χ1) is 8.61. The smallest absolute Gasteiger partial charge is 0.293 e. The summed E-state index contributed by atoms with van der Waals surface area (Å²) in [5, 5.41) is 6.81. The van der Waals surface area contributed by atoms with Crippen LogP contribution in [0.1, 0.15) is 49.1 Å². The Morgan fingerprint density at radius 1 is 1.44 bits per heavy atom. The molecule has 1 N–H and O–H groups in total. The fraction of sp³-hybridized carbons (Fsp3) is 0.750. The SMILES string of the molecule is COC1CCN(C(=O)c2n[nH]c(C(C)C)n2)CC1. The number of likely N-dealkylation sites (tertiary alicyclic amines) is 1. The summed E-state index contributed by atoms with van der Waals surface area (Å²) >= 11 is 0. The van der Waals surface area contributed by atoms with Gasteiger partial charge in [-0.15, -0.1) is 5.10 Å². The second-order valence-electron chi connectivity index (χ2n) is 4.93. The average molecular weight is 252 g/mol. The van der Waals surface area contributed by atoms with E-state index in [9.17, 15) is 4.79 Å². The molecule has 0 bridgehead atoms. The molecule has 18 heavy (non-hydrogen) atoms. The standard InChI is InChI=1S/C12H20N4O2/c1-8(2)10-13-11(15-14-10)12(17)16-6-4-9(18-3)5-7-16/h8-9H,4-7H2,1-3H3,(H,13,14,15). The minimum Gasteiger partial charge on any atom is -0.381 e. The molecule has 1 fully saturated rings. The number of aromatic amines is 1. The van der Waals surface area contributed by atoms with Crippen LogP contribution < -0.4 is 0 Å². The van der Waals surface area contributed by atoms with Gasteiger partial charge in [-0.25, -0.2) is 4.98 Å². The Hall–Kier alpha value is -1.43. The largest absolute Gasteiger partial charge is 0.381 e. The van der Waals surface area contributed by atoms with Crippen molar-refractivity contribution in [3.05, 3.63) is 11.6 Å². The molecule has 0 aliphatic carbocycles. The number of carbonyl (C=O) groups excluding carboxylic acids is 1. The van der Waals surface area contributed by atoms with Crippen LogP contribution in [-0.4, -0.2) is 52.3 Å². The lowest BCUT2D eigenvalue weighted by atomic mass is 10.1. The van der Waals surface area contributed by atoms with E-state index in [1.807, 2.05) is 13.8 Å². The highest BCUT2D eigenvalue weighted by Crippen LogP contribution is 2.15. The van der Waals surface area contributed by atoms with E-state index >= 15 is 0 Å². The topological polar surface area (TPSA) is 71.1 Å². The second-order valence-corrected chi connectivity index (χ2v) is 4.93. The third-order valence-corrected chi connectivity index (χ3v) is 3.30. The molecule has 2 heterocycles. The van der Waals surface area contributed by atoms with Crippen LogP contribution in [0.4, 0.5) is 0 Å². The molecule has 1 aliphatic rings. The summed E-state index contributed by atoms with van der Waals surface area (Å²) in [5.74, 6) is 1.19. The van der Waals surface area contributed by atoms with Gasteiger partial charge in [-0.2, -0.15) is 0 Å². The number of rotatable bonds is 3. The van der Waals surface area contributed by atoms with E-state index in [-0.39, 0.29) is 23.8 Å². The van der Waals surface area contributed by atoms with Crippen LogP contribution in [-0.2, 0) is 4.74 Å². The molecule has 100 valence electrons. The summed E-state index contributed by atoms with van der Waals surface area (Å²) in [6.45, 7) is 5.45. The van der Waals surface area contributed by atoms with Crippen LogP contribution in [0.2, 0.25) is 0 Å². The maximum atomic E-state index is 12.2. The van der Waals surface area contributed by atoms with E-state index < -0.39 is 0 Å². The van der Waals surface area contributed by atoms with Crippen LogP contribution in [0.3, 0.4) is 0 Å². The number of hydrogen-bond acceptors (Lipinski definition) is 4. The van der Waals surface area contributed by atoms with Crippen LogP contribution in [0.15, 0.2) is 0 Å². The Labute approximate surface area is 107 Å². The molecule has 1 saturated heterocycles. The van der Waals surface area contributed by atoms with E-state index in [0.29, 0.717) is 13.1 Å². The third-order valence-electron chi connectivity index (χ3n) is 3.30. The number of nitrogens with one attached hydrogen (secondary N) is 1. The lowest BCUT2D eigenvalue weighted by Gasteiger charge is -2.30. The molecule has 0 unspecified atom stereocenters. The van der Waals surface area contributed by atoms with Gasteiger partial charge >= 0.3 is 0 Å². The second kappa shape index (κ2) is 5.48. The minimum atomic E-state index is -0.0901. The monoisotopic (exact) mass is 252 g/mol. The maximum absolute atomic E-state index is 12.2. The third kappa shape index (κ3) is 2.69. The van der Waals surface area contributed by atoms with Crippen molar-refractivity contribution in [1.29, 1.82) is 0 Å². The lowest BCUT2D eigenvalue weighted by molar-refractivity contribution is 0.0344. The number of ether oxygens (including phenoxy) is 1. The van der Waals surface area contributed by atoms with Gasteiger partial charge in [0.15, 0.2) is 0 Å². The number of nitrogens with zero attached hydrogens (tertiary/aromatic N) is 3. The highest BCUT2D eigenvalue weighted by atomic mass is 16.5. The summed E-state index contributed by atoms with van der Waals surface area (Å²) in [6, 6.07) is 0. The number of carbonyl (C=O) groups is 1. The van der Waals surface area contributed by atoms with E-state index in [1.165, 1.54) is 0 Å². The quantitative estimate of drug-likeness (QED) is 0.876. The zero-order valence-corrected chi connectivity index (χ0v) is 11.1. The first kappa shape index (κ1) is 13.0. The molecule has 0 saturated carbocycles. The van der Waals surface area contributed by atoms with Crippen LogP contribution in [0, 0.1) is 0 Å². The van der Waals surface area contributed by atoms with Crippen molar-refractivity contribution in [2.75, 3.05) is 20.2 Å². The molecule has 6 heteroatoms. The summed E-state index contributed by atoms with van der Waals surface area (Å²) in [5.41, 5.74) is 0. The van der Waals surface area contributed by atoms with Crippen molar-refractivity contribution >= 4 is 5.91 Å². The predicted molar refractivity (Wildman–Crippen MR) is 66.4 cm³/mol. The van der Waals surface area contributed by atoms with E-state index in [4.69, 9.17) is 4.74 Å². The first-order valence-electron chi connectivity index (χ1n) is 6.36. The van der Waals surface area contributed by atoms with E-state index in [0.717, 1.165) is 18.7 Å². The number of amides is 1. The highest BCUT2D eigenvalue weighted by molar-refractivity contribution is 5.90. The molecule has 1 aromatic heterocycles. The Balaban J connectivity index is 1.98. The molecule has 0 atom stereocenters. The average Bonchev–Trinajstić information content (AvgIpc) is 2.88. The van der Waals surface area contributed by atoms with Gasteiger partial charge in [0.2, 0.25) is 5.82 Å². The Morgan fingerprint density at radius 3 is 2.61 bits per heavy atom. The molecule has 1 aromatic rings. The zero-order chi connectivity index (χ0) is 13.1. The van der Waals surface area contributed by atoms with Crippen LogP contribution in [0.25, 0.3) is 0 Å². The molecule has 1 aliphatic heterocycles. The molecule has 6 nitrogen and oxygen atoms in total. The van der Waals surface area contributed by atoms with Crippen molar-refractivity contribution in [3.8, 4) is 0 Å². The van der Waals surface area contributed by atoms with Crippen molar-refractivity contribution < 1.29 is 9.53 Å². The summed E-state index contributed by atoms with van der Waals surface area (Å²) in [6.07, 6.45) is 2.03. The number of H-pyrrole nitrogens is 1. The van der Waals surface area contributed by atoms with Gasteiger partial charge in [0.25, 0.3) is 5.91 Å². The van der Waals surface area contributed by atoms with Gasteiger partial charge < -0.3 is 9.64 Å². The highest BCUT2D eigenvalue weighted by Gasteiger charge is 2.26. The van der Waals surface area contributed by atoms with Gasteiger partial charge in [-0.1, -0.05) is 13.8 Å². The fourth-order valence-electron chi connectivity index (χ4n) is 2.06. The summed E-state index contributed by atoms with van der Waals surface area (Å²) in [7, 11) is 1.71. The lowest BCUT2D eigenvalue weighted by Crippen LogP contribution is -2.41. The molecule has 1 amide bonds. The Morgan fingerprint density at radius 2 is 2.11 bits per heavy atom. The molecule has 2 rings (SSSR count). The van der Waals surface area contributed by atoms with E-state index in [2.05, 4.69) is 15.2 Å². The van der Waals surface area contributed by atoms with Crippen LogP contribution in [0.5, 0.6) is 0 Å². The van der Waals surface area contributed by atoms with E-state index in [1.54, 1.807) is 12.0 Å². The minimum absolute atomic E-state index is 0.0901. The molecule has 0 spiro atoms. The van der Waals surface area contributed by atoms with Gasteiger partial charge in [0.05, 0.1) is 6.10 Å². The van der Waals surface area contributed by atoms with Crippen molar-refractivity contribution in [3.63, 3.8) is 0 Å². The number of methoxy groups -OCH3 is 1. The van der Waals surface area contributed by atoms with Gasteiger partial charge in [-0.3, -0.25) is 9.89 Å². The first-order valence-corrected chi connectivity index (χ1v) is 6.36. The normalized spacial score (nSPS) is 17.4. The van der Waals surface area contributed by atoms with Crippen molar-refractivity contribution in [2.24, 2.45) is 0 Å². The number of piperidine rings is 1. The molecular formula is C12H20N4O2. The summed E-state index contributed by atoms with van der Waals surface area (Å²) in [4.78, 5) is 18.2. The zero-order valence-electron chi connectivity index (χ0n) is 11.1. The van der Waals surface area contributed by atoms with Crippen LogP contribution >= 0.6 is 0 Å². The van der Waals surface area contributed by atoms with Crippen molar-refractivity contribution in [2.45, 2.75) is 38.7 Å². The summed E-state index contributed by atoms with van der Waals surface area (Å²) < 4.78 is 5.29. The van der Waals surface area contributed by atoms with Gasteiger partial charge in [0.1, 0.15) is 5.82 Å². The molecule has 0 aromatic carbocycles. The number of hydrogen-bond donors (Lipinski definition) is 1. The number of aromatic nitrogens is 3. The fourth-order valence-corrected chi connectivity index (χ4v) is 2.06. The Bertz CT molecular complexity index is 408. The van der Waals surface area contributed by atoms with Gasteiger partial charge in [0, 0.05) is 26.1 Å². The molecule has 0 radical (unpaired) electrons. The Kier molecular flexibility index (Phi) is 3.96. The maximum Gasteiger partial charge on any atom is 0.293 e. The van der Waals surface area contributed by atoms with Crippen molar-refractivity contribution in [1.82, 2.24) is 20.1 Å².